The van der Waals surface area contributed by atoms with E-state index in [2.05, 4.69) is 75.3 Å². The van der Waals surface area contributed by atoms with Crippen molar-refractivity contribution < 1.29 is 0 Å². The van der Waals surface area contributed by atoms with Gasteiger partial charge in [0.15, 0.2) is 0 Å². The molecule has 0 radical (unpaired) electrons. The second kappa shape index (κ2) is 5.45. The number of fused-ring (bicyclic) bond motifs is 4. The summed E-state index contributed by atoms with van der Waals surface area (Å²) >= 11 is 0. The molecule has 2 heteroatoms. The van der Waals surface area contributed by atoms with Crippen LogP contribution in [0.25, 0.3) is 22.0 Å². The van der Waals surface area contributed by atoms with E-state index >= 15 is 0 Å². The number of hydrogen-bond acceptors (Lipinski definition) is 1. The average molecular weight is 354 g/mol. The van der Waals surface area contributed by atoms with Gasteiger partial charge in [-0.1, -0.05) is 63.6 Å². The number of benzene rings is 2. The lowest BCUT2D eigenvalue weighted by molar-refractivity contribution is 0.429. The number of rotatable bonds is 1. The second-order valence-electron chi connectivity index (χ2n) is 9.42. The van der Waals surface area contributed by atoms with Crippen LogP contribution < -0.4 is 0 Å². The lowest BCUT2D eigenvalue weighted by Crippen LogP contribution is -2.27. The first-order valence-electron chi connectivity index (χ1n) is 9.83. The molecule has 2 aliphatic rings. The van der Waals surface area contributed by atoms with Crippen molar-refractivity contribution in [3.8, 4) is 5.69 Å². The minimum atomic E-state index is 0.123. The molecule has 0 bridgehead atoms. The highest BCUT2D eigenvalue weighted by atomic mass is 15.3. The molecule has 0 amide bonds. The van der Waals surface area contributed by atoms with Crippen molar-refractivity contribution in [2.24, 2.45) is 5.41 Å². The first-order chi connectivity index (χ1) is 12.8. The van der Waals surface area contributed by atoms with E-state index in [0.29, 0.717) is 0 Å². The van der Waals surface area contributed by atoms with E-state index in [-0.39, 0.29) is 10.8 Å². The van der Waals surface area contributed by atoms with Crippen LogP contribution in [0.1, 0.15) is 51.7 Å². The van der Waals surface area contributed by atoms with Gasteiger partial charge in [0, 0.05) is 12.4 Å². The molecule has 0 aliphatic heterocycles. The van der Waals surface area contributed by atoms with Crippen LogP contribution >= 0.6 is 0 Å². The van der Waals surface area contributed by atoms with Crippen molar-refractivity contribution in [3.05, 3.63) is 77.6 Å². The van der Waals surface area contributed by atoms with Crippen LogP contribution in [0.4, 0.5) is 0 Å². The highest BCUT2D eigenvalue weighted by Crippen LogP contribution is 2.51. The lowest BCUT2D eigenvalue weighted by atomic mass is 9.64. The van der Waals surface area contributed by atoms with E-state index in [1.807, 2.05) is 23.1 Å². The van der Waals surface area contributed by atoms with Crippen molar-refractivity contribution in [2.75, 3.05) is 0 Å². The molecule has 2 nitrogen and oxygen atoms in total. The van der Waals surface area contributed by atoms with E-state index in [4.69, 9.17) is 0 Å². The highest BCUT2D eigenvalue weighted by Gasteiger charge is 2.36. The van der Waals surface area contributed by atoms with Gasteiger partial charge in [0.25, 0.3) is 0 Å². The Labute approximate surface area is 161 Å². The van der Waals surface area contributed by atoms with Crippen molar-refractivity contribution in [3.63, 3.8) is 0 Å². The van der Waals surface area contributed by atoms with Crippen molar-refractivity contribution in [1.82, 2.24) is 9.78 Å². The first kappa shape index (κ1) is 16.6. The number of aromatic nitrogens is 2. The second-order valence-corrected chi connectivity index (χ2v) is 9.42. The molecule has 1 aromatic heterocycles. The monoisotopic (exact) mass is 354 g/mol. The molecule has 0 spiro atoms. The molecule has 136 valence electrons. The zero-order chi connectivity index (χ0) is 18.8. The Bertz CT molecular complexity index is 1110. The number of nitrogens with zero attached hydrogens (tertiary/aromatic N) is 2. The Hall–Kier alpha value is -2.61. The van der Waals surface area contributed by atoms with Gasteiger partial charge in [-0.3, -0.25) is 0 Å². The van der Waals surface area contributed by atoms with E-state index in [1.54, 1.807) is 5.57 Å². The summed E-state index contributed by atoms with van der Waals surface area (Å²) in [5.74, 6) is 0. The van der Waals surface area contributed by atoms with E-state index in [0.717, 1.165) is 18.5 Å². The molecule has 5 rings (SSSR count). The zero-order valence-corrected chi connectivity index (χ0v) is 16.6. The maximum Gasteiger partial charge on any atom is 0.0652 e. The Balaban J connectivity index is 1.78. The van der Waals surface area contributed by atoms with Gasteiger partial charge in [-0.25, -0.2) is 4.68 Å². The van der Waals surface area contributed by atoms with Gasteiger partial charge in [0.2, 0.25) is 0 Å². The van der Waals surface area contributed by atoms with E-state index in [9.17, 15) is 0 Å². The van der Waals surface area contributed by atoms with Crippen LogP contribution in [-0.4, -0.2) is 9.78 Å². The Morgan fingerprint density at radius 1 is 1.00 bits per heavy atom. The largest absolute Gasteiger partial charge is 0.241 e. The Kier molecular flexibility index (Phi) is 3.34. The van der Waals surface area contributed by atoms with Gasteiger partial charge < -0.3 is 0 Å². The number of hydrogen-bond donors (Lipinski definition) is 0. The van der Waals surface area contributed by atoms with Gasteiger partial charge >= 0.3 is 0 Å². The fraction of sp³-hybridized carbons (Fsp3) is 0.320. The minimum Gasteiger partial charge on any atom is -0.241 e. The molecule has 0 atom stereocenters. The predicted octanol–water partition coefficient (Wildman–Crippen LogP) is 6.45. The SMILES string of the molecule is CC1(C)C=CC2=C(C1)CC(C)(C)c1c2ccc2ccc(-n3cccn3)cc12. The van der Waals surface area contributed by atoms with E-state index < -0.39 is 0 Å². The summed E-state index contributed by atoms with van der Waals surface area (Å²) in [5.41, 5.74) is 7.47. The summed E-state index contributed by atoms with van der Waals surface area (Å²) in [6.45, 7) is 9.49. The van der Waals surface area contributed by atoms with Crippen LogP contribution in [-0.2, 0) is 5.41 Å². The fourth-order valence-corrected chi connectivity index (χ4v) is 5.02. The summed E-state index contributed by atoms with van der Waals surface area (Å²) in [6.07, 6.45) is 10.9. The van der Waals surface area contributed by atoms with Gasteiger partial charge in [-0.2, -0.15) is 5.10 Å². The van der Waals surface area contributed by atoms with Crippen molar-refractivity contribution in [2.45, 2.75) is 46.0 Å². The molecule has 0 unspecified atom stereocenters. The quantitative estimate of drug-likeness (QED) is 0.491. The Morgan fingerprint density at radius 2 is 1.81 bits per heavy atom. The molecule has 27 heavy (non-hydrogen) atoms. The summed E-state index contributed by atoms with van der Waals surface area (Å²) in [7, 11) is 0. The molecule has 0 saturated heterocycles. The van der Waals surface area contributed by atoms with Crippen LogP contribution in [0.5, 0.6) is 0 Å². The molecular weight excluding hydrogens is 328 g/mol. The third-order valence-electron chi connectivity index (χ3n) is 6.15. The lowest BCUT2D eigenvalue weighted by Gasteiger charge is -2.40. The molecule has 0 fully saturated rings. The van der Waals surface area contributed by atoms with E-state index in [1.165, 1.54) is 27.5 Å². The highest BCUT2D eigenvalue weighted by molar-refractivity contribution is 5.96. The minimum absolute atomic E-state index is 0.123. The summed E-state index contributed by atoms with van der Waals surface area (Å²) < 4.78 is 1.95. The topological polar surface area (TPSA) is 17.8 Å². The molecule has 2 aromatic carbocycles. The fourth-order valence-electron chi connectivity index (χ4n) is 5.02. The third-order valence-corrected chi connectivity index (χ3v) is 6.15. The smallest absolute Gasteiger partial charge is 0.0652 e. The third kappa shape index (κ3) is 2.58. The summed E-state index contributed by atoms with van der Waals surface area (Å²) in [6, 6.07) is 13.3. The van der Waals surface area contributed by atoms with Crippen LogP contribution in [0, 0.1) is 5.41 Å². The zero-order valence-electron chi connectivity index (χ0n) is 16.6. The molecule has 1 heterocycles. The molecule has 2 aliphatic carbocycles. The normalized spacial score (nSPS) is 19.9. The van der Waals surface area contributed by atoms with Gasteiger partial charge in [0.1, 0.15) is 0 Å². The molecule has 3 aromatic rings. The van der Waals surface area contributed by atoms with Gasteiger partial charge in [-0.05, 0) is 69.3 Å². The molecule has 0 N–H and O–H groups in total. The summed E-state index contributed by atoms with van der Waals surface area (Å²) in [4.78, 5) is 0. The standard InChI is InChI=1S/C25H26N2/c1-24(2)11-10-20-18(15-24)16-25(3,4)23-21(20)9-7-17-6-8-19(14-22(17)23)27-13-5-12-26-27/h5-14H,15-16H2,1-4H3. The van der Waals surface area contributed by atoms with Crippen LogP contribution in [0.3, 0.4) is 0 Å². The maximum absolute atomic E-state index is 4.42. The predicted molar refractivity (Wildman–Crippen MR) is 113 cm³/mol. The summed E-state index contributed by atoms with van der Waals surface area (Å²) in [5, 5.41) is 7.08. The van der Waals surface area contributed by atoms with Crippen molar-refractivity contribution in [1.29, 1.82) is 0 Å². The first-order valence-corrected chi connectivity index (χ1v) is 9.83. The Morgan fingerprint density at radius 3 is 2.59 bits per heavy atom. The van der Waals surface area contributed by atoms with Crippen LogP contribution in [0.2, 0.25) is 0 Å². The molecular formula is C25H26N2. The van der Waals surface area contributed by atoms with Crippen molar-refractivity contribution >= 4 is 16.3 Å². The average Bonchev–Trinajstić information content (AvgIpc) is 3.13. The van der Waals surface area contributed by atoms with Gasteiger partial charge in [0.05, 0.1) is 5.69 Å². The maximum atomic E-state index is 4.42. The molecule has 0 saturated carbocycles. The van der Waals surface area contributed by atoms with Crippen LogP contribution in [0.15, 0.2) is 66.5 Å². The number of allylic oxidation sites excluding steroid dienone is 4. The van der Waals surface area contributed by atoms with Gasteiger partial charge in [-0.15, -0.1) is 0 Å².